The maximum absolute atomic E-state index is 14.2. The Bertz CT molecular complexity index is 1130. The van der Waals surface area contributed by atoms with Crippen LogP contribution in [0.25, 0.3) is 10.3 Å². The lowest BCUT2D eigenvalue weighted by atomic mass is 9.95. The Labute approximate surface area is 170 Å². The third-order valence-corrected chi connectivity index (χ3v) is 5.72. The van der Waals surface area contributed by atoms with Crippen molar-refractivity contribution in [1.82, 2.24) is 9.97 Å². The summed E-state index contributed by atoms with van der Waals surface area (Å²) in [4.78, 5) is 19.9. The standard InChI is InChI=1S/C19H14F5N3O2S/c20-10-3-4-12(16(21)14(10)17(25)28)29-7-13-27-11-5-9(6-26-18(11)30-13)15(8-1-2-8)19(22,23)24/h3-6,8,15H,1-2,7H2,(H2,25,28). The summed E-state index contributed by atoms with van der Waals surface area (Å²) in [6.45, 7) is -0.248. The second-order valence-electron chi connectivity index (χ2n) is 6.94. The number of rotatable bonds is 6. The number of primary amides is 1. The van der Waals surface area contributed by atoms with E-state index in [9.17, 15) is 26.7 Å². The van der Waals surface area contributed by atoms with Gasteiger partial charge < -0.3 is 10.5 Å². The first-order valence-electron chi connectivity index (χ1n) is 8.88. The maximum atomic E-state index is 14.2. The number of fused-ring (bicyclic) bond motifs is 1. The zero-order valence-electron chi connectivity index (χ0n) is 15.2. The normalized spacial score (nSPS) is 15.4. The molecule has 1 aliphatic rings. The van der Waals surface area contributed by atoms with Crippen LogP contribution < -0.4 is 10.5 Å². The van der Waals surface area contributed by atoms with E-state index in [0.717, 1.165) is 23.5 Å². The molecule has 1 fully saturated rings. The molecule has 30 heavy (non-hydrogen) atoms. The van der Waals surface area contributed by atoms with E-state index in [1.54, 1.807) is 0 Å². The van der Waals surface area contributed by atoms with E-state index in [-0.39, 0.29) is 17.7 Å². The summed E-state index contributed by atoms with van der Waals surface area (Å²) in [5.74, 6) is -6.03. The molecule has 5 nitrogen and oxygen atoms in total. The van der Waals surface area contributed by atoms with Gasteiger partial charge in [-0.2, -0.15) is 13.2 Å². The number of ether oxygens (including phenoxy) is 1. The van der Waals surface area contributed by atoms with Gasteiger partial charge in [-0.3, -0.25) is 4.79 Å². The average molecular weight is 443 g/mol. The number of hydrogen-bond donors (Lipinski definition) is 1. The number of pyridine rings is 1. The van der Waals surface area contributed by atoms with Crippen LogP contribution >= 0.6 is 11.3 Å². The number of alkyl halides is 3. The molecule has 0 radical (unpaired) electrons. The van der Waals surface area contributed by atoms with Gasteiger partial charge in [0.2, 0.25) is 0 Å². The van der Waals surface area contributed by atoms with Crippen molar-refractivity contribution in [2.75, 3.05) is 0 Å². The molecule has 4 rings (SSSR count). The first-order chi connectivity index (χ1) is 14.1. The highest BCUT2D eigenvalue weighted by atomic mass is 32.1. The van der Waals surface area contributed by atoms with Gasteiger partial charge in [-0.1, -0.05) is 11.3 Å². The lowest BCUT2D eigenvalue weighted by Gasteiger charge is -2.19. The zero-order chi connectivity index (χ0) is 21.6. The van der Waals surface area contributed by atoms with Gasteiger partial charge in [-0.25, -0.2) is 18.7 Å². The number of aromatic nitrogens is 2. The summed E-state index contributed by atoms with van der Waals surface area (Å²) in [6, 6.07) is 3.21. The number of nitrogens with two attached hydrogens (primary N) is 1. The number of amides is 1. The minimum atomic E-state index is -4.36. The Morgan fingerprint density at radius 3 is 2.67 bits per heavy atom. The van der Waals surface area contributed by atoms with Crippen molar-refractivity contribution >= 4 is 27.6 Å². The highest BCUT2D eigenvalue weighted by molar-refractivity contribution is 7.18. The van der Waals surface area contributed by atoms with Crippen molar-refractivity contribution in [2.24, 2.45) is 11.7 Å². The van der Waals surface area contributed by atoms with Gasteiger partial charge >= 0.3 is 6.18 Å². The molecule has 158 valence electrons. The molecule has 1 amide bonds. The Hall–Kier alpha value is -2.82. The fraction of sp³-hybridized carbons (Fsp3) is 0.316. The van der Waals surface area contributed by atoms with Crippen molar-refractivity contribution in [1.29, 1.82) is 0 Å². The predicted octanol–water partition coefficient (Wildman–Crippen LogP) is 4.70. The van der Waals surface area contributed by atoms with E-state index in [0.29, 0.717) is 22.7 Å². The molecule has 1 aromatic carbocycles. The minimum Gasteiger partial charge on any atom is -0.483 e. The van der Waals surface area contributed by atoms with E-state index >= 15 is 0 Å². The molecule has 0 aliphatic heterocycles. The summed E-state index contributed by atoms with van der Waals surface area (Å²) >= 11 is 1.07. The third kappa shape index (κ3) is 3.93. The number of nitrogens with zero attached hydrogens (tertiary/aromatic N) is 2. The van der Waals surface area contributed by atoms with Crippen LogP contribution in [0.4, 0.5) is 22.0 Å². The molecular weight excluding hydrogens is 429 g/mol. The molecule has 2 aromatic heterocycles. The molecule has 1 atom stereocenters. The van der Waals surface area contributed by atoms with Crippen LogP contribution in [0.15, 0.2) is 24.4 Å². The van der Waals surface area contributed by atoms with Crippen molar-refractivity contribution in [3.8, 4) is 5.75 Å². The van der Waals surface area contributed by atoms with Crippen LogP contribution in [0.5, 0.6) is 5.75 Å². The van der Waals surface area contributed by atoms with Crippen molar-refractivity contribution in [2.45, 2.75) is 31.5 Å². The van der Waals surface area contributed by atoms with Crippen LogP contribution in [-0.2, 0) is 6.61 Å². The van der Waals surface area contributed by atoms with Gasteiger partial charge in [0.1, 0.15) is 33.3 Å². The Morgan fingerprint density at radius 2 is 2.03 bits per heavy atom. The summed E-state index contributed by atoms with van der Waals surface area (Å²) in [7, 11) is 0. The van der Waals surface area contributed by atoms with Crippen LogP contribution in [0.1, 0.15) is 39.7 Å². The van der Waals surface area contributed by atoms with E-state index in [4.69, 9.17) is 10.5 Å². The topological polar surface area (TPSA) is 78.1 Å². The number of carbonyl (C=O) groups is 1. The number of benzene rings is 1. The molecule has 1 aliphatic carbocycles. The zero-order valence-corrected chi connectivity index (χ0v) is 16.0. The molecule has 2 heterocycles. The lowest BCUT2D eigenvalue weighted by molar-refractivity contribution is -0.155. The highest BCUT2D eigenvalue weighted by Crippen LogP contribution is 2.51. The highest BCUT2D eigenvalue weighted by Gasteiger charge is 2.49. The molecule has 2 N–H and O–H groups in total. The van der Waals surface area contributed by atoms with Crippen molar-refractivity contribution in [3.63, 3.8) is 0 Å². The predicted molar refractivity (Wildman–Crippen MR) is 98.1 cm³/mol. The number of carbonyl (C=O) groups excluding carboxylic acids is 1. The van der Waals surface area contributed by atoms with Crippen LogP contribution in [0.3, 0.4) is 0 Å². The molecular formula is C19H14F5N3O2S. The van der Waals surface area contributed by atoms with Gasteiger partial charge in [0.25, 0.3) is 5.91 Å². The Balaban J connectivity index is 1.57. The van der Waals surface area contributed by atoms with E-state index in [1.165, 1.54) is 12.3 Å². The van der Waals surface area contributed by atoms with E-state index in [1.807, 2.05) is 0 Å². The quantitative estimate of drug-likeness (QED) is 0.560. The maximum Gasteiger partial charge on any atom is 0.396 e. The fourth-order valence-corrected chi connectivity index (χ4v) is 4.08. The van der Waals surface area contributed by atoms with Gasteiger partial charge in [-0.05, 0) is 42.5 Å². The van der Waals surface area contributed by atoms with E-state index < -0.39 is 46.9 Å². The first-order valence-corrected chi connectivity index (χ1v) is 9.69. The molecule has 1 unspecified atom stereocenters. The van der Waals surface area contributed by atoms with Crippen molar-refractivity contribution < 1.29 is 31.5 Å². The summed E-state index contributed by atoms with van der Waals surface area (Å²) in [5.41, 5.74) is 4.39. The van der Waals surface area contributed by atoms with Crippen LogP contribution in [0.2, 0.25) is 0 Å². The van der Waals surface area contributed by atoms with Crippen LogP contribution in [-0.4, -0.2) is 22.1 Å². The van der Waals surface area contributed by atoms with E-state index in [2.05, 4.69) is 9.97 Å². The van der Waals surface area contributed by atoms with Crippen molar-refractivity contribution in [3.05, 3.63) is 52.2 Å². The molecule has 0 saturated heterocycles. The second-order valence-corrected chi connectivity index (χ2v) is 8.01. The number of thiazole rings is 1. The first kappa shape index (κ1) is 20.5. The smallest absolute Gasteiger partial charge is 0.396 e. The lowest BCUT2D eigenvalue weighted by Crippen LogP contribution is -2.22. The summed E-state index contributed by atoms with van der Waals surface area (Å²) in [5, 5.41) is 0.328. The Kier molecular flexibility index (Phi) is 5.08. The van der Waals surface area contributed by atoms with Gasteiger partial charge in [0, 0.05) is 6.20 Å². The monoisotopic (exact) mass is 443 g/mol. The van der Waals surface area contributed by atoms with Gasteiger partial charge in [0.15, 0.2) is 11.6 Å². The molecule has 1 saturated carbocycles. The molecule has 0 spiro atoms. The Morgan fingerprint density at radius 1 is 1.30 bits per heavy atom. The van der Waals surface area contributed by atoms with Gasteiger partial charge in [-0.15, -0.1) is 0 Å². The molecule has 3 aromatic rings. The molecule has 11 heteroatoms. The third-order valence-electron chi connectivity index (χ3n) is 4.77. The minimum absolute atomic E-state index is 0.0611. The summed E-state index contributed by atoms with van der Waals surface area (Å²) < 4.78 is 73.2. The molecule has 0 bridgehead atoms. The fourth-order valence-electron chi connectivity index (χ4n) is 3.28. The van der Waals surface area contributed by atoms with Crippen LogP contribution in [0, 0.1) is 17.6 Å². The van der Waals surface area contributed by atoms with Gasteiger partial charge in [0.05, 0.1) is 5.92 Å². The summed E-state index contributed by atoms with van der Waals surface area (Å²) in [6.07, 6.45) is -2.11. The largest absolute Gasteiger partial charge is 0.483 e. The second kappa shape index (κ2) is 7.46. The number of hydrogen-bond acceptors (Lipinski definition) is 5. The SMILES string of the molecule is NC(=O)c1c(F)ccc(OCc2nc3cc(C(C4CC4)C(F)(F)F)cnc3s2)c1F. The average Bonchev–Trinajstić information content (AvgIpc) is 3.37. The number of halogens is 5.